The largest absolute Gasteiger partial charge is 0.460 e. The van der Waals surface area contributed by atoms with Gasteiger partial charge in [-0.2, -0.15) is 4.68 Å². The van der Waals surface area contributed by atoms with Gasteiger partial charge in [0, 0.05) is 5.56 Å². The Hall–Kier alpha value is -3.22. The first kappa shape index (κ1) is 15.7. The van der Waals surface area contributed by atoms with Crippen molar-refractivity contribution in [2.24, 2.45) is 0 Å². The smallest absolute Gasteiger partial charge is 0.437 e. The first-order valence-corrected chi connectivity index (χ1v) is 7.19. The summed E-state index contributed by atoms with van der Waals surface area (Å²) in [6.45, 7) is 0.0329. The van der Waals surface area contributed by atoms with Crippen LogP contribution < -0.4 is 5.76 Å². The molecule has 3 rings (SSSR count). The van der Waals surface area contributed by atoms with Gasteiger partial charge in [-0.1, -0.05) is 18.2 Å². The monoisotopic (exact) mass is 328 g/mol. The van der Waals surface area contributed by atoms with Gasteiger partial charge in [-0.05, 0) is 36.4 Å². The van der Waals surface area contributed by atoms with Crippen LogP contribution in [0.15, 0.2) is 63.8 Å². The fraction of sp³-hybridized carbons (Fsp3) is 0.118. The quantitative estimate of drug-likeness (QED) is 0.673. The van der Waals surface area contributed by atoms with Crippen molar-refractivity contribution < 1.29 is 18.3 Å². The van der Waals surface area contributed by atoms with E-state index in [2.05, 4.69) is 5.10 Å². The minimum Gasteiger partial charge on any atom is -0.460 e. The number of nitrogens with zero attached hydrogens (tertiary/aromatic N) is 2. The first-order chi connectivity index (χ1) is 11.6. The number of hydrogen-bond acceptors (Lipinski definition) is 5. The van der Waals surface area contributed by atoms with Crippen molar-refractivity contribution in [3.63, 3.8) is 0 Å². The Kier molecular flexibility index (Phi) is 4.51. The van der Waals surface area contributed by atoms with Crippen LogP contribution in [-0.4, -0.2) is 22.4 Å². The molecule has 0 aliphatic carbocycles. The van der Waals surface area contributed by atoms with E-state index in [9.17, 15) is 14.0 Å². The minimum atomic E-state index is -0.676. The van der Waals surface area contributed by atoms with Crippen molar-refractivity contribution in [2.75, 3.05) is 6.61 Å². The number of carbonyl (C=O) groups excluding carboxylic acids is 1. The van der Waals surface area contributed by atoms with E-state index in [1.54, 1.807) is 30.3 Å². The number of halogens is 1. The Morgan fingerprint density at radius 2 is 1.83 bits per heavy atom. The molecule has 0 aliphatic heterocycles. The van der Waals surface area contributed by atoms with Crippen LogP contribution in [0.3, 0.4) is 0 Å². The molecule has 6 nitrogen and oxygen atoms in total. The van der Waals surface area contributed by atoms with E-state index in [1.807, 2.05) is 0 Å². The molecule has 24 heavy (non-hydrogen) atoms. The molecule has 0 aliphatic rings. The number of carbonyl (C=O) groups is 1. The molecule has 0 N–H and O–H groups in total. The van der Waals surface area contributed by atoms with Gasteiger partial charge in [0.2, 0.25) is 5.89 Å². The third-order valence-electron chi connectivity index (χ3n) is 3.24. The molecule has 0 spiro atoms. The molecule has 0 saturated carbocycles. The summed E-state index contributed by atoms with van der Waals surface area (Å²) in [6, 6.07) is 13.9. The standard InChI is InChI=1S/C17H13FN2O4/c18-14-8-6-12(7-9-14)15-19-20(17(22)24-15)10-11-23-16(21)13-4-2-1-3-5-13/h1-9H,10-11H2. The van der Waals surface area contributed by atoms with Crippen molar-refractivity contribution in [3.05, 3.63) is 76.5 Å². The zero-order valence-electron chi connectivity index (χ0n) is 12.5. The molecular formula is C17H13FN2O4. The molecular weight excluding hydrogens is 315 g/mol. The maximum absolute atomic E-state index is 12.9. The van der Waals surface area contributed by atoms with Crippen molar-refractivity contribution in [1.82, 2.24) is 9.78 Å². The summed E-state index contributed by atoms with van der Waals surface area (Å²) >= 11 is 0. The van der Waals surface area contributed by atoms with E-state index in [1.165, 1.54) is 24.3 Å². The van der Waals surface area contributed by atoms with Crippen LogP contribution in [0.2, 0.25) is 0 Å². The lowest BCUT2D eigenvalue weighted by Crippen LogP contribution is -2.20. The fourth-order valence-electron chi connectivity index (χ4n) is 2.04. The lowest BCUT2D eigenvalue weighted by atomic mass is 10.2. The molecule has 0 bridgehead atoms. The van der Waals surface area contributed by atoms with Crippen LogP contribution >= 0.6 is 0 Å². The van der Waals surface area contributed by atoms with Crippen LogP contribution in [-0.2, 0) is 11.3 Å². The summed E-state index contributed by atoms with van der Waals surface area (Å²) in [6.07, 6.45) is 0. The molecule has 2 aromatic carbocycles. The van der Waals surface area contributed by atoms with Crippen LogP contribution in [0.5, 0.6) is 0 Å². The number of rotatable bonds is 5. The van der Waals surface area contributed by atoms with Crippen LogP contribution in [0.4, 0.5) is 4.39 Å². The lowest BCUT2D eigenvalue weighted by Gasteiger charge is -2.03. The van der Waals surface area contributed by atoms with Crippen molar-refractivity contribution >= 4 is 5.97 Å². The number of esters is 1. The second-order valence-electron chi connectivity index (χ2n) is 4.91. The summed E-state index contributed by atoms with van der Waals surface area (Å²) in [5, 5.41) is 4.00. The van der Waals surface area contributed by atoms with Gasteiger partial charge in [0.25, 0.3) is 0 Å². The van der Waals surface area contributed by atoms with E-state index in [4.69, 9.17) is 9.15 Å². The summed E-state index contributed by atoms with van der Waals surface area (Å²) in [7, 11) is 0. The Balaban J connectivity index is 1.63. The zero-order chi connectivity index (χ0) is 16.9. The van der Waals surface area contributed by atoms with Gasteiger partial charge in [-0.3, -0.25) is 0 Å². The number of hydrogen-bond donors (Lipinski definition) is 0. The average Bonchev–Trinajstić information content (AvgIpc) is 2.97. The zero-order valence-corrected chi connectivity index (χ0v) is 12.5. The molecule has 3 aromatic rings. The normalized spacial score (nSPS) is 10.5. The van der Waals surface area contributed by atoms with E-state index < -0.39 is 17.5 Å². The molecule has 0 fully saturated rings. The third kappa shape index (κ3) is 3.57. The third-order valence-corrected chi connectivity index (χ3v) is 3.24. The van der Waals surface area contributed by atoms with Gasteiger partial charge in [0.1, 0.15) is 12.4 Å². The van der Waals surface area contributed by atoms with Crippen molar-refractivity contribution in [1.29, 1.82) is 0 Å². The molecule has 0 saturated heterocycles. The highest BCUT2D eigenvalue weighted by Gasteiger charge is 2.11. The second-order valence-corrected chi connectivity index (χ2v) is 4.91. The molecule has 0 atom stereocenters. The molecule has 7 heteroatoms. The Labute approximate surface area is 136 Å². The maximum Gasteiger partial charge on any atom is 0.437 e. The predicted octanol–water partition coefficient (Wildman–Crippen LogP) is 2.50. The molecule has 0 unspecified atom stereocenters. The van der Waals surface area contributed by atoms with E-state index in [0.29, 0.717) is 11.1 Å². The van der Waals surface area contributed by atoms with Crippen LogP contribution in [0, 0.1) is 5.82 Å². The summed E-state index contributed by atoms with van der Waals surface area (Å²) in [5.74, 6) is -1.47. The summed E-state index contributed by atoms with van der Waals surface area (Å²) in [4.78, 5) is 23.5. The maximum atomic E-state index is 12.9. The number of ether oxygens (including phenoxy) is 1. The second kappa shape index (κ2) is 6.91. The summed E-state index contributed by atoms with van der Waals surface area (Å²) < 4.78 is 24.1. The average molecular weight is 328 g/mol. The molecule has 1 heterocycles. The van der Waals surface area contributed by atoms with Gasteiger partial charge in [0.05, 0.1) is 12.1 Å². The topological polar surface area (TPSA) is 74.3 Å². The van der Waals surface area contributed by atoms with E-state index >= 15 is 0 Å². The number of benzene rings is 2. The van der Waals surface area contributed by atoms with Gasteiger partial charge >= 0.3 is 11.7 Å². The van der Waals surface area contributed by atoms with Crippen molar-refractivity contribution in [3.8, 4) is 11.5 Å². The highest BCUT2D eigenvalue weighted by Crippen LogP contribution is 2.15. The van der Waals surface area contributed by atoms with Gasteiger partial charge in [0.15, 0.2) is 0 Å². The van der Waals surface area contributed by atoms with E-state index in [0.717, 1.165) is 4.68 Å². The van der Waals surface area contributed by atoms with Gasteiger partial charge in [-0.25, -0.2) is 14.0 Å². The molecule has 0 radical (unpaired) electrons. The van der Waals surface area contributed by atoms with E-state index in [-0.39, 0.29) is 19.0 Å². The van der Waals surface area contributed by atoms with Crippen LogP contribution in [0.1, 0.15) is 10.4 Å². The predicted molar refractivity (Wildman–Crippen MR) is 82.9 cm³/mol. The highest BCUT2D eigenvalue weighted by atomic mass is 19.1. The highest BCUT2D eigenvalue weighted by molar-refractivity contribution is 5.89. The Bertz CT molecular complexity index is 885. The fourth-order valence-corrected chi connectivity index (χ4v) is 2.04. The molecule has 122 valence electrons. The Morgan fingerprint density at radius 1 is 1.12 bits per heavy atom. The Morgan fingerprint density at radius 3 is 2.54 bits per heavy atom. The number of aromatic nitrogens is 2. The van der Waals surface area contributed by atoms with Gasteiger partial charge < -0.3 is 9.15 Å². The molecule has 1 aromatic heterocycles. The SMILES string of the molecule is O=C(OCCn1nc(-c2ccc(F)cc2)oc1=O)c1ccccc1. The van der Waals surface area contributed by atoms with Crippen LogP contribution in [0.25, 0.3) is 11.5 Å². The summed E-state index contributed by atoms with van der Waals surface area (Å²) in [5.41, 5.74) is 0.908. The van der Waals surface area contributed by atoms with Gasteiger partial charge in [-0.15, -0.1) is 5.10 Å². The van der Waals surface area contributed by atoms with Crippen molar-refractivity contribution in [2.45, 2.75) is 6.54 Å². The minimum absolute atomic E-state index is 0.0248. The lowest BCUT2D eigenvalue weighted by molar-refractivity contribution is 0.0485. The molecule has 0 amide bonds. The first-order valence-electron chi connectivity index (χ1n) is 7.19.